The Morgan fingerprint density at radius 1 is 1.25 bits per heavy atom. The van der Waals surface area contributed by atoms with E-state index in [-0.39, 0.29) is 29.3 Å². The summed E-state index contributed by atoms with van der Waals surface area (Å²) >= 11 is 0. The van der Waals surface area contributed by atoms with Crippen LogP contribution in [0.15, 0.2) is 23.1 Å². The molecule has 2 atom stereocenters. The summed E-state index contributed by atoms with van der Waals surface area (Å²) in [6.45, 7) is 3.35. The summed E-state index contributed by atoms with van der Waals surface area (Å²) < 4.78 is 52.8. The zero-order valence-electron chi connectivity index (χ0n) is 10.9. The van der Waals surface area contributed by atoms with Gasteiger partial charge in [0.15, 0.2) is 0 Å². The zero-order valence-corrected chi connectivity index (χ0v) is 12.5. The number of hydrogen-bond donors (Lipinski definition) is 2. The first-order valence-corrected chi connectivity index (χ1v) is 7.56. The number of nitrogens with one attached hydrogen (secondary N) is 2. The van der Waals surface area contributed by atoms with E-state index in [0.717, 1.165) is 18.7 Å². The second-order valence-corrected chi connectivity index (χ2v) is 6.52. The van der Waals surface area contributed by atoms with Crippen LogP contribution in [0.25, 0.3) is 0 Å². The summed E-state index contributed by atoms with van der Waals surface area (Å²) in [6, 6.07) is 2.05. The van der Waals surface area contributed by atoms with Gasteiger partial charge in [-0.2, -0.15) is 0 Å². The third-order valence-corrected chi connectivity index (χ3v) is 4.71. The molecule has 0 amide bonds. The standard InChI is InChI=1S/C12H16F2N2O2S.ClH/c1-8-7-15-3-2-12(8)16-19(17,18)11-5-9(13)4-10(14)6-11;/h4-6,8,12,15-16H,2-3,7H2,1H3;1H. The van der Waals surface area contributed by atoms with Gasteiger partial charge < -0.3 is 5.32 Å². The van der Waals surface area contributed by atoms with E-state index in [4.69, 9.17) is 0 Å². The van der Waals surface area contributed by atoms with Gasteiger partial charge in [-0.15, -0.1) is 12.4 Å². The second kappa shape index (κ2) is 6.80. The van der Waals surface area contributed by atoms with Gasteiger partial charge >= 0.3 is 0 Å². The van der Waals surface area contributed by atoms with Crippen molar-refractivity contribution in [3.63, 3.8) is 0 Å². The first-order valence-electron chi connectivity index (χ1n) is 6.07. The number of hydrogen-bond acceptors (Lipinski definition) is 3. The smallest absolute Gasteiger partial charge is 0.241 e. The summed E-state index contributed by atoms with van der Waals surface area (Å²) in [5.74, 6) is -1.68. The van der Waals surface area contributed by atoms with Crippen LogP contribution < -0.4 is 10.0 Å². The van der Waals surface area contributed by atoms with Gasteiger partial charge in [0.05, 0.1) is 4.90 Å². The molecule has 0 bridgehead atoms. The Balaban J connectivity index is 0.00000200. The number of halogens is 3. The van der Waals surface area contributed by atoms with E-state index in [0.29, 0.717) is 19.0 Å². The summed E-state index contributed by atoms with van der Waals surface area (Å²) in [5.41, 5.74) is 0. The van der Waals surface area contributed by atoms with Gasteiger partial charge in [0.2, 0.25) is 10.0 Å². The Hall–Kier alpha value is -0.760. The molecule has 1 aromatic carbocycles. The highest BCUT2D eigenvalue weighted by Gasteiger charge is 2.27. The molecule has 8 heteroatoms. The predicted molar refractivity (Wildman–Crippen MR) is 74.4 cm³/mol. The first-order chi connectivity index (χ1) is 8.88. The molecule has 1 aliphatic heterocycles. The van der Waals surface area contributed by atoms with Gasteiger partial charge in [-0.1, -0.05) is 6.92 Å². The van der Waals surface area contributed by atoms with Crippen molar-refractivity contribution in [3.05, 3.63) is 29.8 Å². The molecule has 1 heterocycles. The van der Waals surface area contributed by atoms with Gasteiger partial charge in [0, 0.05) is 12.1 Å². The van der Waals surface area contributed by atoms with E-state index in [1.807, 2.05) is 6.92 Å². The number of piperidine rings is 1. The maximum atomic E-state index is 13.1. The van der Waals surface area contributed by atoms with E-state index in [1.165, 1.54) is 0 Å². The minimum atomic E-state index is -3.90. The Bertz CT molecular complexity index is 548. The maximum absolute atomic E-state index is 13.1. The maximum Gasteiger partial charge on any atom is 0.241 e. The Kier molecular flexibility index (Phi) is 5.88. The van der Waals surface area contributed by atoms with Crippen molar-refractivity contribution in [2.24, 2.45) is 5.92 Å². The van der Waals surface area contributed by atoms with Crippen LogP contribution in [-0.4, -0.2) is 27.5 Å². The fourth-order valence-electron chi connectivity index (χ4n) is 2.14. The first kappa shape index (κ1) is 17.3. The lowest BCUT2D eigenvalue weighted by molar-refractivity contribution is 0.328. The molecule has 0 saturated carbocycles. The molecule has 0 aromatic heterocycles. The average molecular weight is 327 g/mol. The molecule has 4 nitrogen and oxygen atoms in total. The summed E-state index contributed by atoms with van der Waals surface area (Å²) in [7, 11) is -3.90. The zero-order chi connectivity index (χ0) is 14.0. The molecule has 114 valence electrons. The molecule has 2 N–H and O–H groups in total. The number of rotatable bonds is 3. The molecular formula is C12H17ClF2N2O2S. The van der Waals surface area contributed by atoms with Gasteiger partial charge in [-0.05, 0) is 37.6 Å². The van der Waals surface area contributed by atoms with Crippen molar-refractivity contribution in [1.29, 1.82) is 0 Å². The lowest BCUT2D eigenvalue weighted by Gasteiger charge is -2.29. The van der Waals surface area contributed by atoms with Gasteiger partial charge in [0.1, 0.15) is 11.6 Å². The van der Waals surface area contributed by atoms with Gasteiger partial charge in [-0.25, -0.2) is 21.9 Å². The highest BCUT2D eigenvalue weighted by Crippen LogP contribution is 2.17. The second-order valence-electron chi connectivity index (χ2n) is 4.80. The van der Waals surface area contributed by atoms with E-state index < -0.39 is 21.7 Å². The quantitative estimate of drug-likeness (QED) is 0.888. The van der Waals surface area contributed by atoms with Crippen molar-refractivity contribution in [2.45, 2.75) is 24.3 Å². The Labute approximate surface area is 123 Å². The van der Waals surface area contributed by atoms with Crippen LogP contribution in [0.5, 0.6) is 0 Å². The molecule has 0 spiro atoms. The Morgan fingerprint density at radius 2 is 1.85 bits per heavy atom. The minimum absolute atomic E-state index is 0. The van der Waals surface area contributed by atoms with E-state index in [9.17, 15) is 17.2 Å². The SMILES string of the molecule is CC1CNCCC1NS(=O)(=O)c1cc(F)cc(F)c1.Cl. The van der Waals surface area contributed by atoms with E-state index in [1.54, 1.807) is 0 Å². The highest BCUT2D eigenvalue weighted by molar-refractivity contribution is 7.89. The molecule has 0 aliphatic carbocycles. The number of sulfonamides is 1. The molecule has 20 heavy (non-hydrogen) atoms. The molecule has 1 aliphatic rings. The van der Waals surface area contributed by atoms with E-state index >= 15 is 0 Å². The largest absolute Gasteiger partial charge is 0.316 e. The summed E-state index contributed by atoms with van der Waals surface area (Å²) in [4.78, 5) is -0.379. The molecule has 1 fully saturated rings. The van der Waals surface area contributed by atoms with Crippen molar-refractivity contribution in [1.82, 2.24) is 10.0 Å². The van der Waals surface area contributed by atoms with Crippen LogP contribution in [0.2, 0.25) is 0 Å². The average Bonchev–Trinajstić information content (AvgIpc) is 2.31. The third kappa shape index (κ3) is 4.12. The van der Waals surface area contributed by atoms with Crippen LogP contribution in [-0.2, 0) is 10.0 Å². The fraction of sp³-hybridized carbons (Fsp3) is 0.500. The molecule has 2 unspecified atom stereocenters. The Morgan fingerprint density at radius 3 is 2.40 bits per heavy atom. The van der Waals surface area contributed by atoms with E-state index in [2.05, 4.69) is 10.0 Å². The minimum Gasteiger partial charge on any atom is -0.316 e. The monoisotopic (exact) mass is 326 g/mol. The predicted octanol–water partition coefficient (Wildman–Crippen LogP) is 1.66. The number of benzene rings is 1. The lowest BCUT2D eigenvalue weighted by Crippen LogP contribution is -2.48. The highest BCUT2D eigenvalue weighted by atomic mass is 35.5. The van der Waals surface area contributed by atoms with Crippen molar-refractivity contribution >= 4 is 22.4 Å². The molecule has 2 rings (SSSR count). The van der Waals surface area contributed by atoms with Crippen molar-refractivity contribution in [2.75, 3.05) is 13.1 Å². The van der Waals surface area contributed by atoms with Crippen LogP contribution in [0.3, 0.4) is 0 Å². The third-order valence-electron chi connectivity index (χ3n) is 3.24. The van der Waals surface area contributed by atoms with Crippen LogP contribution >= 0.6 is 12.4 Å². The molecule has 1 saturated heterocycles. The molecular weight excluding hydrogens is 310 g/mol. The van der Waals surface area contributed by atoms with Gasteiger partial charge in [-0.3, -0.25) is 0 Å². The van der Waals surface area contributed by atoms with Crippen LogP contribution in [0, 0.1) is 17.6 Å². The topological polar surface area (TPSA) is 58.2 Å². The summed E-state index contributed by atoms with van der Waals surface area (Å²) in [5, 5.41) is 3.15. The van der Waals surface area contributed by atoms with Gasteiger partial charge in [0.25, 0.3) is 0 Å². The fourth-order valence-corrected chi connectivity index (χ4v) is 3.56. The normalized spacial score (nSPS) is 23.1. The molecule has 1 aromatic rings. The lowest BCUT2D eigenvalue weighted by atomic mass is 9.97. The van der Waals surface area contributed by atoms with Crippen molar-refractivity contribution in [3.8, 4) is 0 Å². The van der Waals surface area contributed by atoms with Crippen LogP contribution in [0.1, 0.15) is 13.3 Å². The van der Waals surface area contributed by atoms with Crippen LogP contribution in [0.4, 0.5) is 8.78 Å². The summed E-state index contributed by atoms with van der Waals surface area (Å²) in [6.07, 6.45) is 0.651. The molecule has 0 radical (unpaired) electrons. The van der Waals surface area contributed by atoms with Crippen molar-refractivity contribution < 1.29 is 17.2 Å².